The number of morpholine rings is 1. The van der Waals surface area contributed by atoms with Crippen LogP contribution in [-0.2, 0) is 4.74 Å². The summed E-state index contributed by atoms with van der Waals surface area (Å²) in [4.78, 5) is 45.7. The van der Waals surface area contributed by atoms with Gasteiger partial charge in [-0.15, -0.1) is 0 Å². The summed E-state index contributed by atoms with van der Waals surface area (Å²) in [5.41, 5.74) is 2.80. The number of aromatic amines is 1. The van der Waals surface area contributed by atoms with Crippen LogP contribution in [0.25, 0.3) is 10.9 Å². The molecule has 3 heterocycles. The molecule has 2 atom stereocenters. The van der Waals surface area contributed by atoms with Crippen molar-refractivity contribution in [3.63, 3.8) is 0 Å². The Hall–Kier alpha value is -3.79. The first-order chi connectivity index (χ1) is 19.2. The van der Waals surface area contributed by atoms with Crippen LogP contribution < -0.4 is 15.8 Å². The predicted molar refractivity (Wildman–Crippen MR) is 147 cm³/mol. The normalized spacial score (nSPS) is 21.2. The fraction of sp³-hybridized carbons (Fsp3) is 0.433. The molecule has 1 aromatic heterocycles. The molecule has 0 unspecified atom stereocenters. The van der Waals surface area contributed by atoms with Crippen LogP contribution in [0.2, 0.25) is 0 Å². The SMILES string of the molecule is Cc1cc(C(=O)N2CCOCC2)c(N2C[C@H](NC(=O)c3cc(=O)[nH]c4c(F)c(F)ccc34)C[C@H]2C)c(C2CC2)c1. The van der Waals surface area contributed by atoms with Gasteiger partial charge in [0, 0.05) is 43.2 Å². The maximum Gasteiger partial charge on any atom is 0.256 e. The molecule has 2 aliphatic heterocycles. The Bertz CT molecular complexity index is 1560. The van der Waals surface area contributed by atoms with Crippen molar-refractivity contribution in [1.82, 2.24) is 15.2 Å². The van der Waals surface area contributed by atoms with Crippen molar-refractivity contribution >= 4 is 28.4 Å². The molecule has 1 aliphatic carbocycles. The van der Waals surface area contributed by atoms with E-state index in [-0.39, 0.29) is 34.5 Å². The molecule has 0 bridgehead atoms. The van der Waals surface area contributed by atoms with Crippen molar-refractivity contribution in [3.8, 4) is 0 Å². The quantitative estimate of drug-likeness (QED) is 0.503. The van der Waals surface area contributed by atoms with Crippen molar-refractivity contribution in [2.75, 3.05) is 37.7 Å². The highest BCUT2D eigenvalue weighted by atomic mass is 19.2. The highest BCUT2D eigenvalue weighted by Gasteiger charge is 2.38. The summed E-state index contributed by atoms with van der Waals surface area (Å²) < 4.78 is 33.6. The zero-order valence-corrected chi connectivity index (χ0v) is 22.6. The minimum absolute atomic E-state index is 0.00664. The Labute approximate surface area is 230 Å². The van der Waals surface area contributed by atoms with E-state index in [2.05, 4.69) is 28.2 Å². The van der Waals surface area contributed by atoms with Gasteiger partial charge in [-0.1, -0.05) is 6.07 Å². The van der Waals surface area contributed by atoms with Gasteiger partial charge in [-0.3, -0.25) is 14.4 Å². The summed E-state index contributed by atoms with van der Waals surface area (Å²) in [5.74, 6) is -2.43. The Kier molecular flexibility index (Phi) is 6.82. The average Bonchev–Trinajstić information content (AvgIpc) is 3.73. The van der Waals surface area contributed by atoms with E-state index in [0.29, 0.717) is 50.8 Å². The second kappa shape index (κ2) is 10.3. The lowest BCUT2D eigenvalue weighted by molar-refractivity contribution is 0.0303. The van der Waals surface area contributed by atoms with Crippen LogP contribution in [0.15, 0.2) is 35.1 Å². The number of H-pyrrole nitrogens is 1. The first-order valence-corrected chi connectivity index (χ1v) is 13.8. The number of hydrogen-bond acceptors (Lipinski definition) is 5. The van der Waals surface area contributed by atoms with Crippen LogP contribution in [0.4, 0.5) is 14.5 Å². The van der Waals surface area contributed by atoms with Crippen molar-refractivity contribution in [2.45, 2.75) is 51.1 Å². The number of fused-ring (bicyclic) bond motifs is 1. The molecule has 8 nitrogen and oxygen atoms in total. The zero-order valence-electron chi connectivity index (χ0n) is 22.6. The lowest BCUT2D eigenvalue weighted by Gasteiger charge is -2.32. The highest BCUT2D eigenvalue weighted by Crippen LogP contribution is 2.47. The van der Waals surface area contributed by atoms with Crippen LogP contribution in [0.1, 0.15) is 63.9 Å². The number of anilines is 1. The van der Waals surface area contributed by atoms with Crippen molar-refractivity contribution < 1.29 is 23.1 Å². The summed E-state index contributed by atoms with van der Waals surface area (Å²) in [6, 6.07) is 7.24. The third-order valence-electron chi connectivity index (χ3n) is 8.18. The molecule has 40 heavy (non-hydrogen) atoms. The number of pyridine rings is 1. The number of nitrogens with zero attached hydrogens (tertiary/aromatic N) is 2. The van der Waals surface area contributed by atoms with E-state index < -0.39 is 23.1 Å². The number of carbonyl (C=O) groups is 2. The van der Waals surface area contributed by atoms with E-state index in [1.54, 1.807) is 0 Å². The Balaban J connectivity index is 1.30. The van der Waals surface area contributed by atoms with Gasteiger partial charge < -0.3 is 24.8 Å². The first kappa shape index (κ1) is 26.4. The van der Waals surface area contributed by atoms with Gasteiger partial charge in [-0.2, -0.15) is 0 Å². The molecule has 2 saturated heterocycles. The molecule has 2 amide bonds. The molecule has 2 N–H and O–H groups in total. The zero-order chi connectivity index (χ0) is 28.1. The monoisotopic (exact) mass is 550 g/mol. The fourth-order valence-corrected chi connectivity index (χ4v) is 6.10. The van der Waals surface area contributed by atoms with Crippen molar-refractivity contribution in [1.29, 1.82) is 0 Å². The van der Waals surface area contributed by atoms with Crippen LogP contribution in [-0.4, -0.2) is 66.6 Å². The number of aryl methyl sites for hydroxylation is 1. The number of carbonyl (C=O) groups excluding carboxylic acids is 2. The van der Waals surface area contributed by atoms with E-state index in [9.17, 15) is 23.2 Å². The van der Waals surface area contributed by atoms with E-state index in [1.165, 1.54) is 11.6 Å². The van der Waals surface area contributed by atoms with Crippen molar-refractivity contribution in [3.05, 3.63) is 74.6 Å². The van der Waals surface area contributed by atoms with Gasteiger partial charge in [0.2, 0.25) is 5.56 Å². The maximum atomic E-state index is 14.4. The minimum atomic E-state index is -1.20. The van der Waals surface area contributed by atoms with Gasteiger partial charge in [0.25, 0.3) is 11.8 Å². The van der Waals surface area contributed by atoms with E-state index >= 15 is 0 Å². The molecule has 0 radical (unpaired) electrons. The number of aromatic nitrogens is 1. The second-order valence-corrected chi connectivity index (χ2v) is 11.2. The van der Waals surface area contributed by atoms with Gasteiger partial charge in [0.15, 0.2) is 11.6 Å². The standard InChI is InChI=1S/C30H32F2N4O4/c1-16-11-21(18-3-4-18)28(23(12-16)30(39)35-7-9-40-10-8-35)36-15-19(13-17(36)2)33-29(38)22-14-25(37)34-27-20(22)5-6-24(31)26(27)32/h5-6,11-12,14,17-19H,3-4,7-10,13,15H2,1-2H3,(H,33,38)(H,34,37)/t17-,19-/m1/s1. The summed E-state index contributed by atoms with van der Waals surface area (Å²) in [5, 5.41) is 3.14. The van der Waals surface area contributed by atoms with Gasteiger partial charge >= 0.3 is 0 Å². The molecule has 210 valence electrons. The second-order valence-electron chi connectivity index (χ2n) is 11.2. The molecular formula is C30H32F2N4O4. The molecule has 3 fully saturated rings. The smallest absolute Gasteiger partial charge is 0.256 e. The van der Waals surface area contributed by atoms with Crippen LogP contribution >= 0.6 is 0 Å². The van der Waals surface area contributed by atoms with Gasteiger partial charge in [-0.05, 0) is 68.4 Å². The summed E-state index contributed by atoms with van der Waals surface area (Å²) in [6.45, 7) is 6.70. The number of halogens is 2. The maximum absolute atomic E-state index is 14.4. The average molecular weight is 551 g/mol. The molecule has 6 rings (SSSR count). The Morgan fingerprint density at radius 1 is 1.07 bits per heavy atom. The molecule has 10 heteroatoms. The number of amides is 2. The van der Waals surface area contributed by atoms with Crippen LogP contribution in [0.5, 0.6) is 0 Å². The van der Waals surface area contributed by atoms with Crippen LogP contribution in [0, 0.1) is 18.6 Å². The lowest BCUT2D eigenvalue weighted by atomic mass is 9.97. The number of ether oxygens (including phenoxy) is 1. The third-order valence-corrected chi connectivity index (χ3v) is 8.18. The van der Waals surface area contributed by atoms with Crippen LogP contribution in [0.3, 0.4) is 0 Å². The highest BCUT2D eigenvalue weighted by molar-refractivity contribution is 6.06. The molecule has 3 aromatic rings. The molecule has 1 saturated carbocycles. The van der Waals surface area contributed by atoms with E-state index in [0.717, 1.165) is 36.2 Å². The summed E-state index contributed by atoms with van der Waals surface area (Å²) >= 11 is 0. The molecular weight excluding hydrogens is 518 g/mol. The Morgan fingerprint density at radius 2 is 1.82 bits per heavy atom. The summed E-state index contributed by atoms with van der Waals surface area (Å²) in [6.07, 6.45) is 2.78. The number of rotatable bonds is 5. The van der Waals surface area contributed by atoms with Crippen molar-refractivity contribution in [2.24, 2.45) is 0 Å². The fourth-order valence-electron chi connectivity index (χ4n) is 6.10. The van der Waals surface area contributed by atoms with Gasteiger partial charge in [-0.25, -0.2) is 8.78 Å². The molecule has 2 aromatic carbocycles. The largest absolute Gasteiger partial charge is 0.378 e. The topological polar surface area (TPSA) is 94.7 Å². The third kappa shape index (κ3) is 4.85. The number of hydrogen-bond donors (Lipinski definition) is 2. The van der Waals surface area contributed by atoms with E-state index in [4.69, 9.17) is 4.74 Å². The summed E-state index contributed by atoms with van der Waals surface area (Å²) in [7, 11) is 0. The number of nitrogens with one attached hydrogen (secondary N) is 2. The molecule has 3 aliphatic rings. The predicted octanol–water partition coefficient (Wildman–Crippen LogP) is 3.86. The lowest BCUT2D eigenvalue weighted by Crippen LogP contribution is -2.42. The Morgan fingerprint density at radius 3 is 2.55 bits per heavy atom. The first-order valence-electron chi connectivity index (χ1n) is 13.8. The van der Waals surface area contributed by atoms with E-state index in [1.807, 2.05) is 17.9 Å². The molecule has 0 spiro atoms. The minimum Gasteiger partial charge on any atom is -0.378 e. The number of benzene rings is 2. The van der Waals surface area contributed by atoms with Gasteiger partial charge in [0.1, 0.15) is 0 Å². The van der Waals surface area contributed by atoms with Gasteiger partial charge in [0.05, 0.1) is 35.5 Å².